The van der Waals surface area contributed by atoms with Gasteiger partial charge in [0.05, 0.1) is 0 Å². The molecule has 0 aromatic rings. The zero-order valence-corrected chi connectivity index (χ0v) is 8.30. The number of hydrogen-bond donors (Lipinski definition) is 2. The Kier molecular flexibility index (Phi) is 6.32. The maximum Gasteiger partial charge on any atom is 0.303 e. The Balaban J connectivity index is 3.42. The largest absolute Gasteiger partial charge is 0.481 e. The predicted octanol–water partition coefficient (Wildman–Crippen LogP) is 0.842. The van der Waals surface area contributed by atoms with E-state index >= 15 is 0 Å². The fourth-order valence-electron chi connectivity index (χ4n) is 0.696. The summed E-state index contributed by atoms with van der Waals surface area (Å²) in [6.45, 7) is 2.12. The molecule has 1 amide bonds. The van der Waals surface area contributed by atoms with E-state index in [9.17, 15) is 9.59 Å². The van der Waals surface area contributed by atoms with Gasteiger partial charge in [0.1, 0.15) is 0 Å². The number of alkyl halides is 1. The molecule has 0 heterocycles. The van der Waals surface area contributed by atoms with E-state index in [2.05, 4.69) is 5.32 Å². The van der Waals surface area contributed by atoms with Gasteiger partial charge in [-0.2, -0.15) is 0 Å². The normalized spacial score (nSPS) is 12.2. The second-order valence-corrected chi connectivity index (χ2v) is 3.15. The third-order valence-corrected chi connectivity index (χ3v) is 2.01. The SMILES string of the molecule is CC(CCl)C(=O)NCCCC(=O)O. The molecule has 0 aliphatic heterocycles. The molecule has 0 spiro atoms. The lowest BCUT2D eigenvalue weighted by Crippen LogP contribution is -2.30. The van der Waals surface area contributed by atoms with Gasteiger partial charge in [-0.05, 0) is 6.42 Å². The van der Waals surface area contributed by atoms with Gasteiger partial charge in [0.2, 0.25) is 5.91 Å². The van der Waals surface area contributed by atoms with E-state index in [-0.39, 0.29) is 24.1 Å². The van der Waals surface area contributed by atoms with Crippen molar-refractivity contribution in [3.63, 3.8) is 0 Å². The van der Waals surface area contributed by atoms with Crippen molar-refractivity contribution in [1.29, 1.82) is 0 Å². The van der Waals surface area contributed by atoms with Crippen LogP contribution in [0, 0.1) is 5.92 Å². The Hall–Kier alpha value is -0.770. The molecule has 0 saturated heterocycles. The second kappa shape index (κ2) is 6.71. The summed E-state index contributed by atoms with van der Waals surface area (Å²) in [4.78, 5) is 21.2. The number of hydrogen-bond acceptors (Lipinski definition) is 2. The Morgan fingerprint density at radius 1 is 1.54 bits per heavy atom. The van der Waals surface area contributed by atoms with Crippen molar-refractivity contribution in [3.05, 3.63) is 0 Å². The third kappa shape index (κ3) is 6.40. The lowest BCUT2D eigenvalue weighted by Gasteiger charge is -2.07. The third-order valence-electron chi connectivity index (χ3n) is 1.55. The van der Waals surface area contributed by atoms with Crippen molar-refractivity contribution in [2.24, 2.45) is 5.92 Å². The second-order valence-electron chi connectivity index (χ2n) is 2.84. The van der Waals surface area contributed by atoms with Gasteiger partial charge in [0.25, 0.3) is 0 Å². The van der Waals surface area contributed by atoms with Crippen molar-refractivity contribution in [1.82, 2.24) is 5.32 Å². The van der Waals surface area contributed by atoms with Crippen molar-refractivity contribution >= 4 is 23.5 Å². The fraction of sp³-hybridized carbons (Fsp3) is 0.750. The van der Waals surface area contributed by atoms with Crippen molar-refractivity contribution < 1.29 is 14.7 Å². The molecular weight excluding hydrogens is 194 g/mol. The molecular formula is C8H14ClNO3. The summed E-state index contributed by atoms with van der Waals surface area (Å²) in [6, 6.07) is 0. The number of halogens is 1. The van der Waals surface area contributed by atoms with Gasteiger partial charge < -0.3 is 10.4 Å². The number of carbonyl (C=O) groups is 2. The smallest absolute Gasteiger partial charge is 0.303 e. The molecule has 0 fully saturated rings. The van der Waals surface area contributed by atoms with Crippen LogP contribution >= 0.6 is 11.6 Å². The average Bonchev–Trinajstić information content (AvgIpc) is 2.10. The van der Waals surface area contributed by atoms with E-state index in [4.69, 9.17) is 16.7 Å². The monoisotopic (exact) mass is 207 g/mol. The van der Waals surface area contributed by atoms with Crippen LogP contribution in [0.5, 0.6) is 0 Å². The quantitative estimate of drug-likeness (QED) is 0.501. The maximum atomic E-state index is 11.1. The predicted molar refractivity (Wildman–Crippen MR) is 49.8 cm³/mol. The van der Waals surface area contributed by atoms with Crippen LogP contribution in [-0.2, 0) is 9.59 Å². The Morgan fingerprint density at radius 2 is 2.15 bits per heavy atom. The van der Waals surface area contributed by atoms with Gasteiger partial charge in [-0.1, -0.05) is 6.92 Å². The summed E-state index contributed by atoms with van der Waals surface area (Å²) in [7, 11) is 0. The van der Waals surface area contributed by atoms with Gasteiger partial charge in [0.15, 0.2) is 0 Å². The Morgan fingerprint density at radius 3 is 2.62 bits per heavy atom. The number of amides is 1. The fourth-order valence-corrected chi connectivity index (χ4v) is 0.836. The number of aliphatic carboxylic acids is 1. The Bertz CT molecular complexity index is 184. The molecule has 0 saturated carbocycles. The summed E-state index contributed by atoms with van der Waals surface area (Å²) in [5.74, 6) is -0.906. The highest BCUT2D eigenvalue weighted by Crippen LogP contribution is 1.97. The highest BCUT2D eigenvalue weighted by atomic mass is 35.5. The minimum Gasteiger partial charge on any atom is -0.481 e. The molecule has 0 rings (SSSR count). The number of nitrogens with one attached hydrogen (secondary N) is 1. The van der Waals surface area contributed by atoms with E-state index in [1.807, 2.05) is 0 Å². The molecule has 0 aliphatic carbocycles. The number of carboxylic acids is 1. The minimum atomic E-state index is -0.848. The summed E-state index contributed by atoms with van der Waals surface area (Å²) in [5.41, 5.74) is 0. The van der Waals surface area contributed by atoms with Gasteiger partial charge in [-0.3, -0.25) is 9.59 Å². The molecule has 1 unspecified atom stereocenters. The van der Waals surface area contributed by atoms with E-state index in [1.54, 1.807) is 6.92 Å². The maximum absolute atomic E-state index is 11.1. The molecule has 0 bridgehead atoms. The average molecular weight is 208 g/mol. The standard InChI is InChI=1S/C8H14ClNO3/c1-6(5-9)8(13)10-4-2-3-7(11)12/h6H,2-5H2,1H3,(H,10,13)(H,11,12). The lowest BCUT2D eigenvalue weighted by atomic mass is 10.2. The van der Waals surface area contributed by atoms with Gasteiger partial charge in [-0.15, -0.1) is 11.6 Å². The summed E-state index contributed by atoms with van der Waals surface area (Å²) in [5, 5.41) is 10.9. The van der Waals surface area contributed by atoms with Crippen molar-refractivity contribution in [2.45, 2.75) is 19.8 Å². The highest BCUT2D eigenvalue weighted by molar-refractivity contribution is 6.19. The molecule has 76 valence electrons. The van der Waals surface area contributed by atoms with Crippen LogP contribution in [-0.4, -0.2) is 29.4 Å². The van der Waals surface area contributed by atoms with E-state index < -0.39 is 5.97 Å². The first-order valence-corrected chi connectivity index (χ1v) is 4.67. The number of carboxylic acid groups (broad SMARTS) is 1. The molecule has 4 nitrogen and oxygen atoms in total. The first-order chi connectivity index (χ1) is 6.07. The molecule has 2 N–H and O–H groups in total. The summed E-state index contributed by atoms with van der Waals surface area (Å²) < 4.78 is 0. The van der Waals surface area contributed by atoms with Crippen LogP contribution in [0.1, 0.15) is 19.8 Å². The lowest BCUT2D eigenvalue weighted by molar-refractivity contribution is -0.137. The van der Waals surface area contributed by atoms with Crippen LogP contribution < -0.4 is 5.32 Å². The summed E-state index contributed by atoms with van der Waals surface area (Å²) >= 11 is 5.46. The van der Waals surface area contributed by atoms with Gasteiger partial charge in [0, 0.05) is 24.8 Å². The van der Waals surface area contributed by atoms with Crippen LogP contribution in [0.25, 0.3) is 0 Å². The molecule has 0 radical (unpaired) electrons. The van der Waals surface area contributed by atoms with E-state index in [1.165, 1.54) is 0 Å². The van der Waals surface area contributed by atoms with Gasteiger partial charge >= 0.3 is 5.97 Å². The van der Waals surface area contributed by atoms with E-state index in [0.29, 0.717) is 13.0 Å². The van der Waals surface area contributed by atoms with Crippen LogP contribution in [0.15, 0.2) is 0 Å². The first kappa shape index (κ1) is 12.2. The zero-order chi connectivity index (χ0) is 10.3. The molecule has 0 aromatic carbocycles. The molecule has 1 atom stereocenters. The molecule has 13 heavy (non-hydrogen) atoms. The topological polar surface area (TPSA) is 66.4 Å². The zero-order valence-electron chi connectivity index (χ0n) is 7.55. The number of carbonyl (C=O) groups excluding carboxylic acids is 1. The van der Waals surface area contributed by atoms with Crippen LogP contribution in [0.4, 0.5) is 0 Å². The highest BCUT2D eigenvalue weighted by Gasteiger charge is 2.09. The van der Waals surface area contributed by atoms with Crippen LogP contribution in [0.3, 0.4) is 0 Å². The summed E-state index contributed by atoms with van der Waals surface area (Å²) in [6.07, 6.45) is 0.533. The van der Waals surface area contributed by atoms with Crippen molar-refractivity contribution in [3.8, 4) is 0 Å². The molecule has 0 aliphatic rings. The first-order valence-electron chi connectivity index (χ1n) is 4.13. The molecule has 5 heteroatoms. The van der Waals surface area contributed by atoms with Crippen molar-refractivity contribution in [2.75, 3.05) is 12.4 Å². The number of rotatable bonds is 6. The van der Waals surface area contributed by atoms with E-state index in [0.717, 1.165) is 0 Å². The Labute approximate surface area is 82.3 Å². The van der Waals surface area contributed by atoms with Crippen LogP contribution in [0.2, 0.25) is 0 Å². The van der Waals surface area contributed by atoms with Gasteiger partial charge in [-0.25, -0.2) is 0 Å². The minimum absolute atomic E-state index is 0.0789. The molecule has 0 aromatic heterocycles.